The number of amides is 1. The number of esters is 1. The van der Waals surface area contributed by atoms with E-state index in [1.807, 2.05) is 13.0 Å². The average molecular weight is 558 g/mol. The Bertz CT molecular complexity index is 1610. The van der Waals surface area contributed by atoms with Gasteiger partial charge >= 0.3 is 5.97 Å². The van der Waals surface area contributed by atoms with Crippen molar-refractivity contribution in [1.82, 2.24) is 5.43 Å². The first-order chi connectivity index (χ1) is 19.3. The minimum atomic E-state index is -4.11. The molecule has 1 N–H and O–H groups in total. The summed E-state index contributed by atoms with van der Waals surface area (Å²) in [5.74, 6) is -0.486. The van der Waals surface area contributed by atoms with Crippen LogP contribution >= 0.6 is 0 Å². The lowest BCUT2D eigenvalue weighted by molar-refractivity contribution is -0.119. The molecule has 4 rings (SSSR count). The second kappa shape index (κ2) is 12.7. The van der Waals surface area contributed by atoms with E-state index >= 15 is 0 Å². The molecule has 204 valence electrons. The molecule has 0 fully saturated rings. The number of anilines is 1. The Morgan fingerprint density at radius 3 is 2.20 bits per heavy atom. The fourth-order valence-corrected chi connectivity index (χ4v) is 5.17. The number of hydrazone groups is 1. The molecule has 4 aromatic carbocycles. The van der Waals surface area contributed by atoms with E-state index < -0.39 is 28.4 Å². The molecular formula is C30H27N3O6S. The number of methoxy groups -OCH3 is 1. The second-order valence-corrected chi connectivity index (χ2v) is 10.5. The molecule has 10 heteroatoms. The summed E-state index contributed by atoms with van der Waals surface area (Å²) in [4.78, 5) is 25.1. The van der Waals surface area contributed by atoms with E-state index in [0.29, 0.717) is 22.6 Å². The minimum Gasteiger partial charge on any atom is -0.495 e. The number of hydrogen-bond donors (Lipinski definition) is 1. The number of nitrogens with one attached hydrogen (secondary N) is 1. The third-order valence-corrected chi connectivity index (χ3v) is 7.50. The van der Waals surface area contributed by atoms with E-state index in [9.17, 15) is 18.0 Å². The van der Waals surface area contributed by atoms with Crippen molar-refractivity contribution in [3.63, 3.8) is 0 Å². The molecule has 0 aliphatic rings. The highest BCUT2D eigenvalue weighted by molar-refractivity contribution is 7.92. The van der Waals surface area contributed by atoms with E-state index in [2.05, 4.69) is 10.5 Å². The smallest absolute Gasteiger partial charge is 0.343 e. The number of nitrogens with zero attached hydrogens (tertiary/aromatic N) is 2. The third-order valence-electron chi connectivity index (χ3n) is 5.72. The number of aryl methyl sites for hydroxylation is 1. The van der Waals surface area contributed by atoms with Crippen LogP contribution in [0, 0.1) is 6.92 Å². The Balaban J connectivity index is 1.46. The largest absolute Gasteiger partial charge is 0.495 e. The van der Waals surface area contributed by atoms with Crippen molar-refractivity contribution in [1.29, 1.82) is 0 Å². The first kappa shape index (κ1) is 28.1. The zero-order chi connectivity index (χ0) is 28.5. The lowest BCUT2D eigenvalue weighted by Gasteiger charge is -2.25. The van der Waals surface area contributed by atoms with Crippen molar-refractivity contribution in [3.8, 4) is 11.5 Å². The molecule has 0 atom stereocenters. The van der Waals surface area contributed by atoms with Crippen LogP contribution < -0.4 is 19.2 Å². The molecule has 0 aliphatic heterocycles. The van der Waals surface area contributed by atoms with Crippen molar-refractivity contribution >= 4 is 33.8 Å². The summed E-state index contributed by atoms with van der Waals surface area (Å²) in [5, 5.41) is 3.96. The van der Waals surface area contributed by atoms with Crippen LogP contribution in [-0.4, -0.2) is 40.2 Å². The number of rotatable bonds is 10. The third kappa shape index (κ3) is 6.91. The molecular weight excluding hydrogens is 530 g/mol. The summed E-state index contributed by atoms with van der Waals surface area (Å²) in [6.07, 6.45) is 1.39. The second-order valence-electron chi connectivity index (χ2n) is 8.62. The highest BCUT2D eigenvalue weighted by atomic mass is 32.2. The normalized spacial score (nSPS) is 11.2. The predicted molar refractivity (Wildman–Crippen MR) is 152 cm³/mol. The van der Waals surface area contributed by atoms with Crippen LogP contribution in [0.5, 0.6) is 11.5 Å². The van der Waals surface area contributed by atoms with Gasteiger partial charge in [-0.2, -0.15) is 5.10 Å². The van der Waals surface area contributed by atoms with Gasteiger partial charge in [0.15, 0.2) is 0 Å². The SMILES string of the molecule is COc1ccc(C)cc1N(CC(=O)N/N=C\c1ccc(OC(=O)c2ccccc2)cc1)S(=O)(=O)c1ccccc1. The number of hydrogen-bond acceptors (Lipinski definition) is 7. The van der Waals surface area contributed by atoms with Gasteiger partial charge in [0.25, 0.3) is 15.9 Å². The summed E-state index contributed by atoms with van der Waals surface area (Å²) >= 11 is 0. The Morgan fingerprint density at radius 2 is 1.55 bits per heavy atom. The van der Waals surface area contributed by atoms with Crippen LogP contribution in [0.25, 0.3) is 0 Å². The van der Waals surface area contributed by atoms with Gasteiger partial charge < -0.3 is 9.47 Å². The molecule has 0 radical (unpaired) electrons. The van der Waals surface area contributed by atoms with Crippen molar-refractivity contribution in [3.05, 3.63) is 120 Å². The van der Waals surface area contributed by atoms with Gasteiger partial charge in [-0.3, -0.25) is 9.10 Å². The zero-order valence-electron chi connectivity index (χ0n) is 21.9. The molecule has 0 bridgehead atoms. The van der Waals surface area contributed by atoms with Gasteiger partial charge in [-0.25, -0.2) is 18.6 Å². The summed E-state index contributed by atoms with van der Waals surface area (Å²) in [5.41, 5.74) is 4.45. The maximum atomic E-state index is 13.6. The van der Waals surface area contributed by atoms with Gasteiger partial charge in [0.1, 0.15) is 18.0 Å². The van der Waals surface area contributed by atoms with Crippen molar-refractivity contribution in [2.75, 3.05) is 18.0 Å². The van der Waals surface area contributed by atoms with Gasteiger partial charge in [-0.15, -0.1) is 0 Å². The van der Waals surface area contributed by atoms with Gasteiger partial charge in [-0.05, 0) is 78.7 Å². The molecule has 0 aliphatic carbocycles. The first-order valence-electron chi connectivity index (χ1n) is 12.2. The lowest BCUT2D eigenvalue weighted by atomic mass is 10.2. The first-order valence-corrected chi connectivity index (χ1v) is 13.6. The highest BCUT2D eigenvalue weighted by Crippen LogP contribution is 2.33. The van der Waals surface area contributed by atoms with Crippen molar-refractivity contribution < 1.29 is 27.5 Å². The van der Waals surface area contributed by atoms with E-state index in [1.54, 1.807) is 84.9 Å². The van der Waals surface area contributed by atoms with Gasteiger partial charge in [0.05, 0.1) is 29.5 Å². The van der Waals surface area contributed by atoms with E-state index in [0.717, 1.165) is 9.87 Å². The monoisotopic (exact) mass is 557 g/mol. The van der Waals surface area contributed by atoms with Crippen LogP contribution in [0.2, 0.25) is 0 Å². The Morgan fingerprint density at radius 1 is 0.900 bits per heavy atom. The van der Waals surface area contributed by atoms with E-state index in [4.69, 9.17) is 9.47 Å². The molecule has 0 spiro atoms. The quantitative estimate of drug-likeness (QED) is 0.132. The molecule has 9 nitrogen and oxygen atoms in total. The summed E-state index contributed by atoms with van der Waals surface area (Å²) in [6.45, 7) is 1.28. The summed E-state index contributed by atoms with van der Waals surface area (Å²) in [7, 11) is -2.68. The summed E-state index contributed by atoms with van der Waals surface area (Å²) in [6, 6.07) is 28.1. The summed E-state index contributed by atoms with van der Waals surface area (Å²) < 4.78 is 38.9. The van der Waals surface area contributed by atoms with Crippen LogP contribution in [0.15, 0.2) is 113 Å². The minimum absolute atomic E-state index is 0.0305. The van der Waals surface area contributed by atoms with E-state index in [1.165, 1.54) is 25.5 Å². The fourth-order valence-electron chi connectivity index (χ4n) is 3.72. The van der Waals surface area contributed by atoms with Gasteiger partial charge in [-0.1, -0.05) is 42.5 Å². The van der Waals surface area contributed by atoms with Gasteiger partial charge in [0, 0.05) is 0 Å². The maximum Gasteiger partial charge on any atom is 0.343 e. The number of carbonyl (C=O) groups excluding carboxylic acids is 2. The fraction of sp³-hybridized carbons (Fsp3) is 0.100. The van der Waals surface area contributed by atoms with E-state index in [-0.39, 0.29) is 10.6 Å². The molecule has 0 saturated heterocycles. The molecule has 4 aromatic rings. The number of carbonyl (C=O) groups is 2. The Kier molecular flexibility index (Phi) is 8.93. The lowest BCUT2D eigenvalue weighted by Crippen LogP contribution is -2.39. The standard InChI is InChI=1S/C30H27N3O6S/c1-22-13-18-28(38-2)27(19-22)33(40(36,37)26-11-7-4-8-12-26)21-29(34)32-31-20-23-14-16-25(17-15-23)39-30(35)24-9-5-3-6-10-24/h3-20H,21H2,1-2H3,(H,32,34)/b31-20-. The van der Waals surface area contributed by atoms with Crippen LogP contribution in [-0.2, 0) is 14.8 Å². The Labute approximate surface area is 232 Å². The molecule has 0 heterocycles. The molecule has 0 unspecified atom stereocenters. The molecule has 0 saturated carbocycles. The topological polar surface area (TPSA) is 114 Å². The number of sulfonamides is 1. The molecule has 0 aromatic heterocycles. The molecule has 1 amide bonds. The van der Waals surface area contributed by atoms with Crippen LogP contribution in [0.1, 0.15) is 21.5 Å². The van der Waals surface area contributed by atoms with Gasteiger partial charge in [0.2, 0.25) is 0 Å². The highest BCUT2D eigenvalue weighted by Gasteiger charge is 2.29. The number of benzene rings is 4. The predicted octanol–water partition coefficient (Wildman–Crippen LogP) is 4.57. The van der Waals surface area contributed by atoms with Crippen LogP contribution in [0.4, 0.5) is 5.69 Å². The number of ether oxygens (including phenoxy) is 2. The van der Waals surface area contributed by atoms with Crippen molar-refractivity contribution in [2.24, 2.45) is 5.10 Å². The average Bonchev–Trinajstić information content (AvgIpc) is 2.97. The zero-order valence-corrected chi connectivity index (χ0v) is 22.7. The van der Waals surface area contributed by atoms with Crippen molar-refractivity contribution in [2.45, 2.75) is 11.8 Å². The maximum absolute atomic E-state index is 13.6. The van der Waals surface area contributed by atoms with Crippen LogP contribution in [0.3, 0.4) is 0 Å². The molecule has 40 heavy (non-hydrogen) atoms. The Hall–Kier alpha value is -4.96.